The first kappa shape index (κ1) is 13.6. The average molecular weight is 239 g/mol. The monoisotopic (exact) mass is 239 g/mol. The molecule has 0 bridgehead atoms. The second-order valence-corrected chi connectivity index (χ2v) is 5.71. The standard InChI is InChI=1S/C13H21NOS/c1-9-4-6-12(7-5-9)13(14)8-16-11(3)10(2)15/h4-7,10-11,13,15H,8,14H2,1-3H3. The largest absolute Gasteiger partial charge is 0.392 e. The lowest BCUT2D eigenvalue weighted by atomic mass is 10.1. The predicted molar refractivity (Wildman–Crippen MR) is 71.7 cm³/mol. The van der Waals surface area contributed by atoms with Crippen molar-refractivity contribution in [2.24, 2.45) is 5.73 Å². The van der Waals surface area contributed by atoms with E-state index in [-0.39, 0.29) is 17.4 Å². The minimum Gasteiger partial charge on any atom is -0.392 e. The van der Waals surface area contributed by atoms with E-state index in [1.165, 1.54) is 5.56 Å². The Kier molecular flexibility index (Phi) is 5.32. The Morgan fingerprint density at radius 2 is 1.81 bits per heavy atom. The Bertz CT molecular complexity index is 310. The summed E-state index contributed by atoms with van der Waals surface area (Å²) in [7, 11) is 0. The maximum atomic E-state index is 9.38. The maximum absolute atomic E-state index is 9.38. The first-order chi connectivity index (χ1) is 7.50. The van der Waals surface area contributed by atoms with E-state index in [4.69, 9.17) is 5.73 Å². The van der Waals surface area contributed by atoms with Crippen LogP contribution in [0.4, 0.5) is 0 Å². The molecule has 0 saturated carbocycles. The molecule has 0 heterocycles. The van der Waals surface area contributed by atoms with Gasteiger partial charge < -0.3 is 10.8 Å². The van der Waals surface area contributed by atoms with E-state index in [1.807, 2.05) is 13.8 Å². The highest BCUT2D eigenvalue weighted by Crippen LogP contribution is 2.21. The molecule has 1 aromatic carbocycles. The average Bonchev–Trinajstić information content (AvgIpc) is 2.26. The number of hydrogen-bond donors (Lipinski definition) is 2. The Morgan fingerprint density at radius 3 is 2.31 bits per heavy atom. The molecule has 2 nitrogen and oxygen atoms in total. The van der Waals surface area contributed by atoms with Crippen molar-refractivity contribution >= 4 is 11.8 Å². The Morgan fingerprint density at radius 1 is 1.25 bits per heavy atom. The van der Waals surface area contributed by atoms with Crippen molar-refractivity contribution < 1.29 is 5.11 Å². The molecule has 0 spiro atoms. The topological polar surface area (TPSA) is 46.2 Å². The highest BCUT2D eigenvalue weighted by molar-refractivity contribution is 7.99. The van der Waals surface area contributed by atoms with E-state index in [2.05, 4.69) is 31.2 Å². The van der Waals surface area contributed by atoms with Crippen molar-refractivity contribution in [3.05, 3.63) is 35.4 Å². The number of aliphatic hydroxyl groups excluding tert-OH is 1. The number of aliphatic hydroxyl groups is 1. The predicted octanol–water partition coefficient (Wildman–Crippen LogP) is 2.50. The second-order valence-electron chi connectivity index (χ2n) is 4.30. The van der Waals surface area contributed by atoms with Crippen LogP contribution >= 0.6 is 11.8 Å². The normalized spacial score (nSPS) is 16.8. The number of nitrogens with two attached hydrogens (primary N) is 1. The lowest BCUT2D eigenvalue weighted by molar-refractivity contribution is 0.196. The zero-order valence-electron chi connectivity index (χ0n) is 10.2. The lowest BCUT2D eigenvalue weighted by Gasteiger charge is -2.17. The lowest BCUT2D eigenvalue weighted by Crippen LogP contribution is -2.20. The summed E-state index contributed by atoms with van der Waals surface area (Å²) < 4.78 is 0. The second kappa shape index (κ2) is 6.28. The number of benzene rings is 1. The van der Waals surface area contributed by atoms with Crippen LogP contribution in [-0.2, 0) is 0 Å². The third-order valence-corrected chi connectivity index (χ3v) is 4.19. The molecular formula is C13H21NOS. The summed E-state index contributed by atoms with van der Waals surface area (Å²) >= 11 is 1.72. The summed E-state index contributed by atoms with van der Waals surface area (Å²) in [5.41, 5.74) is 8.50. The molecule has 0 aliphatic rings. The van der Waals surface area contributed by atoms with Gasteiger partial charge in [-0.2, -0.15) is 11.8 Å². The summed E-state index contributed by atoms with van der Waals surface area (Å²) in [4.78, 5) is 0. The molecular weight excluding hydrogens is 218 g/mol. The molecule has 0 amide bonds. The fourth-order valence-corrected chi connectivity index (χ4v) is 2.29. The zero-order chi connectivity index (χ0) is 12.1. The van der Waals surface area contributed by atoms with Crippen LogP contribution in [0.15, 0.2) is 24.3 Å². The smallest absolute Gasteiger partial charge is 0.0628 e. The molecule has 3 unspecified atom stereocenters. The molecule has 0 saturated heterocycles. The molecule has 90 valence electrons. The molecule has 1 rings (SSSR count). The SMILES string of the molecule is Cc1ccc(C(N)CSC(C)C(C)O)cc1. The minimum atomic E-state index is -0.282. The maximum Gasteiger partial charge on any atom is 0.0628 e. The number of thioether (sulfide) groups is 1. The molecule has 16 heavy (non-hydrogen) atoms. The fourth-order valence-electron chi connectivity index (χ4n) is 1.30. The Hall–Kier alpha value is -0.510. The first-order valence-electron chi connectivity index (χ1n) is 5.62. The van der Waals surface area contributed by atoms with Gasteiger partial charge in [0.2, 0.25) is 0 Å². The Labute approximate surface area is 102 Å². The van der Waals surface area contributed by atoms with Crippen LogP contribution in [0.25, 0.3) is 0 Å². The van der Waals surface area contributed by atoms with Crippen molar-refractivity contribution in [2.75, 3.05) is 5.75 Å². The zero-order valence-corrected chi connectivity index (χ0v) is 11.0. The van der Waals surface area contributed by atoms with Gasteiger partial charge in [-0.3, -0.25) is 0 Å². The van der Waals surface area contributed by atoms with Gasteiger partial charge in [0.15, 0.2) is 0 Å². The van der Waals surface area contributed by atoms with E-state index < -0.39 is 0 Å². The van der Waals surface area contributed by atoms with E-state index in [0.29, 0.717) is 0 Å². The quantitative estimate of drug-likeness (QED) is 0.830. The van der Waals surface area contributed by atoms with Crippen molar-refractivity contribution in [1.82, 2.24) is 0 Å². The molecule has 0 aromatic heterocycles. The summed E-state index contributed by atoms with van der Waals surface area (Å²) in [5, 5.41) is 9.61. The van der Waals surface area contributed by atoms with Gasteiger partial charge in [-0.15, -0.1) is 0 Å². The van der Waals surface area contributed by atoms with Gasteiger partial charge in [0.25, 0.3) is 0 Å². The molecule has 0 radical (unpaired) electrons. The Balaban J connectivity index is 2.46. The summed E-state index contributed by atoms with van der Waals surface area (Å²) in [5.74, 6) is 0.842. The van der Waals surface area contributed by atoms with E-state index in [9.17, 15) is 5.11 Å². The highest BCUT2D eigenvalue weighted by atomic mass is 32.2. The van der Waals surface area contributed by atoms with Crippen LogP contribution in [0.3, 0.4) is 0 Å². The number of aryl methyl sites for hydroxylation is 1. The van der Waals surface area contributed by atoms with Crippen LogP contribution in [0.5, 0.6) is 0 Å². The minimum absolute atomic E-state index is 0.0480. The summed E-state index contributed by atoms with van der Waals surface area (Å²) in [6.07, 6.45) is -0.282. The van der Waals surface area contributed by atoms with Crippen LogP contribution in [0.1, 0.15) is 31.0 Å². The molecule has 0 aliphatic heterocycles. The third-order valence-electron chi connectivity index (χ3n) is 2.72. The highest BCUT2D eigenvalue weighted by Gasteiger charge is 2.12. The van der Waals surface area contributed by atoms with Crippen LogP contribution in [-0.4, -0.2) is 22.2 Å². The molecule has 3 heteroatoms. The van der Waals surface area contributed by atoms with Crippen molar-refractivity contribution in [3.63, 3.8) is 0 Å². The summed E-state index contributed by atoms with van der Waals surface area (Å²) in [6.45, 7) is 5.91. The first-order valence-corrected chi connectivity index (χ1v) is 6.67. The van der Waals surface area contributed by atoms with Crippen molar-refractivity contribution in [3.8, 4) is 0 Å². The van der Waals surface area contributed by atoms with Gasteiger partial charge in [0.05, 0.1) is 6.10 Å². The molecule has 3 N–H and O–H groups in total. The van der Waals surface area contributed by atoms with Crippen LogP contribution in [0.2, 0.25) is 0 Å². The van der Waals surface area contributed by atoms with Crippen LogP contribution < -0.4 is 5.73 Å². The third kappa shape index (κ3) is 4.16. The van der Waals surface area contributed by atoms with Gasteiger partial charge in [-0.05, 0) is 19.4 Å². The van der Waals surface area contributed by atoms with Gasteiger partial charge in [0, 0.05) is 17.0 Å². The molecule has 3 atom stereocenters. The van der Waals surface area contributed by atoms with Crippen molar-refractivity contribution in [2.45, 2.75) is 38.2 Å². The van der Waals surface area contributed by atoms with Gasteiger partial charge in [0.1, 0.15) is 0 Å². The molecule has 1 aromatic rings. The van der Waals surface area contributed by atoms with E-state index in [1.54, 1.807) is 11.8 Å². The van der Waals surface area contributed by atoms with E-state index >= 15 is 0 Å². The van der Waals surface area contributed by atoms with Gasteiger partial charge in [-0.25, -0.2) is 0 Å². The van der Waals surface area contributed by atoms with Crippen LogP contribution in [0, 0.1) is 6.92 Å². The van der Waals surface area contributed by atoms with Gasteiger partial charge in [-0.1, -0.05) is 36.8 Å². The molecule has 0 fully saturated rings. The summed E-state index contributed by atoms with van der Waals surface area (Å²) in [6, 6.07) is 8.36. The fraction of sp³-hybridized carbons (Fsp3) is 0.538. The number of rotatable bonds is 5. The van der Waals surface area contributed by atoms with Crippen molar-refractivity contribution in [1.29, 1.82) is 0 Å². The number of hydrogen-bond acceptors (Lipinski definition) is 3. The molecule has 0 aliphatic carbocycles. The van der Waals surface area contributed by atoms with E-state index in [0.717, 1.165) is 11.3 Å². The van der Waals surface area contributed by atoms with Gasteiger partial charge >= 0.3 is 0 Å².